The van der Waals surface area contributed by atoms with E-state index in [2.05, 4.69) is 27.6 Å². The van der Waals surface area contributed by atoms with E-state index >= 15 is 0 Å². The van der Waals surface area contributed by atoms with E-state index in [1.165, 1.54) is 5.56 Å². The Morgan fingerprint density at radius 3 is 2.55 bits per heavy atom. The first-order valence-corrected chi connectivity index (χ1v) is 8.55. The molecule has 3 aromatic rings. The highest BCUT2D eigenvalue weighted by Crippen LogP contribution is 2.30. The quantitative estimate of drug-likeness (QED) is 0.671. The molecular weight excluding hydrogens is 314 g/mol. The highest BCUT2D eigenvalue weighted by Gasteiger charge is 2.05. The topological polar surface area (TPSA) is 47.0 Å². The van der Waals surface area contributed by atoms with Crippen LogP contribution in [0, 0.1) is 0 Å². The zero-order valence-electron chi connectivity index (χ0n) is 12.0. The highest BCUT2D eigenvalue weighted by molar-refractivity contribution is 8.00. The average molecular weight is 329 g/mol. The molecule has 0 unspecified atom stereocenters. The molecule has 0 radical (unpaired) electrons. The minimum atomic E-state index is 0.792. The molecule has 112 valence electrons. The molecule has 0 aliphatic carbocycles. The van der Waals surface area contributed by atoms with Gasteiger partial charge in [0.2, 0.25) is 5.13 Å². The van der Waals surface area contributed by atoms with Crippen LogP contribution in [-0.2, 0) is 5.75 Å². The maximum atomic E-state index is 5.14. The van der Waals surface area contributed by atoms with Gasteiger partial charge in [0.05, 0.1) is 7.11 Å². The van der Waals surface area contributed by atoms with Gasteiger partial charge in [-0.2, -0.15) is 0 Å². The molecule has 0 spiro atoms. The Balaban J connectivity index is 1.58. The zero-order chi connectivity index (χ0) is 15.2. The molecule has 0 bridgehead atoms. The van der Waals surface area contributed by atoms with Crippen LogP contribution in [0.2, 0.25) is 0 Å². The van der Waals surface area contributed by atoms with Gasteiger partial charge in [-0.3, -0.25) is 0 Å². The molecule has 22 heavy (non-hydrogen) atoms. The first-order valence-electron chi connectivity index (χ1n) is 6.75. The van der Waals surface area contributed by atoms with Crippen LogP contribution in [0.25, 0.3) is 0 Å². The van der Waals surface area contributed by atoms with Crippen molar-refractivity contribution in [3.63, 3.8) is 0 Å². The summed E-state index contributed by atoms with van der Waals surface area (Å²) in [5, 5.41) is 12.4. The van der Waals surface area contributed by atoms with Crippen LogP contribution >= 0.6 is 23.1 Å². The van der Waals surface area contributed by atoms with Crippen molar-refractivity contribution in [1.82, 2.24) is 10.2 Å². The normalized spacial score (nSPS) is 10.4. The van der Waals surface area contributed by atoms with Crippen molar-refractivity contribution in [1.29, 1.82) is 0 Å². The molecule has 0 aliphatic heterocycles. The summed E-state index contributed by atoms with van der Waals surface area (Å²) < 4.78 is 6.10. The van der Waals surface area contributed by atoms with Crippen LogP contribution < -0.4 is 10.1 Å². The van der Waals surface area contributed by atoms with Crippen LogP contribution in [0.4, 0.5) is 10.8 Å². The molecular formula is C16H15N3OS2. The van der Waals surface area contributed by atoms with Crippen LogP contribution in [0.3, 0.4) is 0 Å². The Kier molecular flexibility index (Phi) is 4.92. The fraction of sp³-hybridized carbons (Fsp3) is 0.125. The Morgan fingerprint density at radius 1 is 1.05 bits per heavy atom. The smallest absolute Gasteiger partial charge is 0.210 e. The zero-order valence-corrected chi connectivity index (χ0v) is 13.7. The molecule has 0 amide bonds. The molecule has 1 aromatic heterocycles. The van der Waals surface area contributed by atoms with Crippen molar-refractivity contribution in [3.05, 3.63) is 60.2 Å². The number of ether oxygens (including phenoxy) is 1. The van der Waals surface area contributed by atoms with E-state index in [1.54, 1.807) is 30.2 Å². The Labute approximate surface area is 137 Å². The largest absolute Gasteiger partial charge is 0.497 e. The summed E-state index contributed by atoms with van der Waals surface area (Å²) in [5.41, 5.74) is 2.25. The summed E-state index contributed by atoms with van der Waals surface area (Å²) in [7, 11) is 1.66. The molecule has 0 saturated heterocycles. The van der Waals surface area contributed by atoms with E-state index in [1.807, 2.05) is 42.5 Å². The van der Waals surface area contributed by atoms with Gasteiger partial charge in [0.15, 0.2) is 4.34 Å². The standard InChI is InChI=1S/C16H15N3OS2/c1-20-14-9-7-13(8-10-14)17-15-18-19-16(22-15)21-11-12-5-3-2-4-6-12/h2-10H,11H2,1H3,(H,17,18). The lowest BCUT2D eigenvalue weighted by Gasteiger charge is -2.03. The Bertz CT molecular complexity index is 714. The van der Waals surface area contributed by atoms with Crippen LogP contribution in [-0.4, -0.2) is 17.3 Å². The number of hydrogen-bond acceptors (Lipinski definition) is 6. The monoisotopic (exact) mass is 329 g/mol. The van der Waals surface area contributed by atoms with E-state index < -0.39 is 0 Å². The summed E-state index contributed by atoms with van der Waals surface area (Å²) in [6.07, 6.45) is 0. The van der Waals surface area contributed by atoms with Gasteiger partial charge in [-0.1, -0.05) is 53.4 Å². The molecule has 0 fully saturated rings. The Morgan fingerprint density at radius 2 is 1.82 bits per heavy atom. The summed E-state index contributed by atoms with van der Waals surface area (Å²) in [5.74, 6) is 1.74. The molecule has 0 aliphatic rings. The molecule has 0 atom stereocenters. The number of hydrogen-bond donors (Lipinski definition) is 1. The van der Waals surface area contributed by atoms with Gasteiger partial charge in [-0.15, -0.1) is 10.2 Å². The van der Waals surface area contributed by atoms with Gasteiger partial charge in [-0.25, -0.2) is 0 Å². The minimum Gasteiger partial charge on any atom is -0.497 e. The van der Waals surface area contributed by atoms with E-state index in [9.17, 15) is 0 Å². The van der Waals surface area contributed by atoms with Gasteiger partial charge >= 0.3 is 0 Å². The summed E-state index contributed by atoms with van der Waals surface area (Å²) in [6.45, 7) is 0. The molecule has 4 nitrogen and oxygen atoms in total. The summed E-state index contributed by atoms with van der Waals surface area (Å²) in [4.78, 5) is 0. The fourth-order valence-corrected chi connectivity index (χ4v) is 3.56. The Hall–Kier alpha value is -2.05. The second kappa shape index (κ2) is 7.29. The second-order valence-electron chi connectivity index (χ2n) is 4.50. The fourth-order valence-electron chi connectivity index (χ4n) is 1.84. The lowest BCUT2D eigenvalue weighted by Crippen LogP contribution is -1.89. The van der Waals surface area contributed by atoms with Gasteiger partial charge in [0.1, 0.15) is 5.75 Å². The lowest BCUT2D eigenvalue weighted by atomic mass is 10.2. The van der Waals surface area contributed by atoms with Crippen LogP contribution in [0.1, 0.15) is 5.56 Å². The van der Waals surface area contributed by atoms with Gasteiger partial charge in [-0.05, 0) is 29.8 Å². The van der Waals surface area contributed by atoms with Crippen molar-refractivity contribution < 1.29 is 4.74 Å². The third-order valence-corrected chi connectivity index (χ3v) is 5.00. The number of aromatic nitrogens is 2. The number of rotatable bonds is 6. The van der Waals surface area contributed by atoms with Gasteiger partial charge in [0, 0.05) is 11.4 Å². The van der Waals surface area contributed by atoms with Crippen LogP contribution in [0.5, 0.6) is 5.75 Å². The molecule has 6 heteroatoms. The maximum absolute atomic E-state index is 5.14. The maximum Gasteiger partial charge on any atom is 0.210 e. The number of thioether (sulfide) groups is 1. The van der Waals surface area contributed by atoms with Crippen molar-refractivity contribution in [3.8, 4) is 5.75 Å². The molecule has 1 heterocycles. The minimum absolute atomic E-state index is 0.792. The van der Waals surface area contributed by atoms with E-state index in [0.29, 0.717) is 0 Å². The number of methoxy groups -OCH3 is 1. The number of benzene rings is 2. The number of nitrogens with zero attached hydrogens (tertiary/aromatic N) is 2. The van der Waals surface area contributed by atoms with Gasteiger partial charge in [0.25, 0.3) is 0 Å². The van der Waals surface area contributed by atoms with Gasteiger partial charge < -0.3 is 10.1 Å². The molecule has 0 saturated carbocycles. The SMILES string of the molecule is COc1ccc(Nc2nnc(SCc3ccccc3)s2)cc1. The molecule has 1 N–H and O–H groups in total. The first kappa shape index (κ1) is 14.9. The first-order chi connectivity index (χ1) is 10.8. The van der Waals surface area contributed by atoms with Crippen LogP contribution in [0.15, 0.2) is 58.9 Å². The predicted molar refractivity (Wildman–Crippen MR) is 92.2 cm³/mol. The highest BCUT2D eigenvalue weighted by atomic mass is 32.2. The van der Waals surface area contributed by atoms with Crippen molar-refractivity contribution in [2.75, 3.05) is 12.4 Å². The lowest BCUT2D eigenvalue weighted by molar-refractivity contribution is 0.415. The number of nitrogens with one attached hydrogen (secondary N) is 1. The average Bonchev–Trinajstić information content (AvgIpc) is 3.02. The summed E-state index contributed by atoms with van der Waals surface area (Å²) in [6, 6.07) is 18.1. The second-order valence-corrected chi connectivity index (χ2v) is 6.70. The van der Waals surface area contributed by atoms with Crippen molar-refractivity contribution >= 4 is 33.9 Å². The predicted octanol–water partition coefficient (Wildman–Crippen LogP) is 4.58. The molecule has 3 rings (SSSR count). The van der Waals surface area contributed by atoms with Crippen molar-refractivity contribution in [2.24, 2.45) is 0 Å². The molecule has 2 aromatic carbocycles. The van der Waals surface area contributed by atoms with Crippen molar-refractivity contribution in [2.45, 2.75) is 10.1 Å². The third kappa shape index (κ3) is 3.99. The third-order valence-electron chi connectivity index (χ3n) is 2.95. The number of anilines is 2. The van der Waals surface area contributed by atoms with E-state index in [-0.39, 0.29) is 0 Å². The van der Waals surface area contributed by atoms with E-state index in [0.717, 1.165) is 26.7 Å². The van der Waals surface area contributed by atoms with E-state index in [4.69, 9.17) is 4.74 Å². The summed E-state index contributed by atoms with van der Waals surface area (Å²) >= 11 is 3.25.